The zero-order valence-electron chi connectivity index (χ0n) is 10.4. The number of nitrogens with zero attached hydrogens (tertiary/aromatic N) is 2. The molecule has 0 saturated carbocycles. The van der Waals surface area contributed by atoms with Gasteiger partial charge in [0.15, 0.2) is 0 Å². The van der Waals surface area contributed by atoms with Crippen molar-refractivity contribution in [3.63, 3.8) is 0 Å². The molecule has 1 aromatic heterocycles. The minimum Gasteiger partial charge on any atom is -0.486 e. The Morgan fingerprint density at radius 2 is 2.11 bits per heavy atom. The van der Waals surface area contributed by atoms with E-state index in [9.17, 15) is 0 Å². The van der Waals surface area contributed by atoms with Crippen LogP contribution in [0.4, 0.5) is 5.95 Å². The fourth-order valence-corrected chi connectivity index (χ4v) is 2.02. The first-order chi connectivity index (χ1) is 8.59. The second kappa shape index (κ2) is 5.31. The molecule has 5 heteroatoms. The Kier molecular flexibility index (Phi) is 3.77. The molecular weight excluding hydrogens is 250 g/mol. The van der Waals surface area contributed by atoms with Gasteiger partial charge in [0.25, 0.3) is 0 Å². The van der Waals surface area contributed by atoms with E-state index in [0.717, 1.165) is 5.69 Å². The molecule has 1 heterocycles. The van der Waals surface area contributed by atoms with E-state index in [0.29, 0.717) is 23.3 Å². The summed E-state index contributed by atoms with van der Waals surface area (Å²) in [7, 11) is 0. The summed E-state index contributed by atoms with van der Waals surface area (Å²) >= 11 is 6.03. The summed E-state index contributed by atoms with van der Waals surface area (Å²) in [5, 5.41) is 0.598. The summed E-state index contributed by atoms with van der Waals surface area (Å²) in [6, 6.07) is 7.63. The van der Waals surface area contributed by atoms with E-state index >= 15 is 0 Å². The Bertz CT molecular complexity index is 537. The van der Waals surface area contributed by atoms with Crippen LogP contribution in [0.1, 0.15) is 25.6 Å². The Hall–Kier alpha value is -1.68. The van der Waals surface area contributed by atoms with Crippen molar-refractivity contribution >= 4 is 17.5 Å². The van der Waals surface area contributed by atoms with Crippen molar-refractivity contribution in [3.8, 4) is 5.75 Å². The van der Waals surface area contributed by atoms with Crippen molar-refractivity contribution in [1.82, 2.24) is 9.55 Å². The highest BCUT2D eigenvalue weighted by atomic mass is 35.5. The molecule has 0 bridgehead atoms. The monoisotopic (exact) mass is 265 g/mol. The lowest BCUT2D eigenvalue weighted by molar-refractivity contribution is 0.292. The third-order valence-corrected chi connectivity index (χ3v) is 2.94. The summed E-state index contributed by atoms with van der Waals surface area (Å²) in [5.74, 6) is 1.16. The van der Waals surface area contributed by atoms with Gasteiger partial charge in [0.2, 0.25) is 5.95 Å². The van der Waals surface area contributed by atoms with Crippen LogP contribution < -0.4 is 10.5 Å². The number of hydrogen-bond acceptors (Lipinski definition) is 3. The van der Waals surface area contributed by atoms with E-state index in [1.807, 2.05) is 22.8 Å². The molecule has 0 atom stereocenters. The summed E-state index contributed by atoms with van der Waals surface area (Å²) in [6.07, 6.45) is 1.73. The van der Waals surface area contributed by atoms with Crippen LogP contribution in [-0.2, 0) is 6.61 Å². The van der Waals surface area contributed by atoms with Crippen LogP contribution in [0.2, 0.25) is 5.02 Å². The average molecular weight is 266 g/mol. The summed E-state index contributed by atoms with van der Waals surface area (Å²) in [5.41, 5.74) is 6.74. The largest absolute Gasteiger partial charge is 0.486 e. The Balaban J connectivity index is 2.14. The molecule has 0 aliphatic rings. The minimum absolute atomic E-state index is 0.248. The van der Waals surface area contributed by atoms with E-state index in [4.69, 9.17) is 22.1 Å². The maximum absolute atomic E-state index is 6.03. The normalized spacial score (nSPS) is 10.9. The fourth-order valence-electron chi connectivity index (χ4n) is 1.83. The highest BCUT2D eigenvalue weighted by Gasteiger charge is 2.11. The number of para-hydroxylation sites is 1. The number of imidazole rings is 1. The standard InChI is InChI=1S/C13H16ClN3O/c1-9(2)17-10(7-16-13(17)15)8-18-12-6-4-3-5-11(12)14/h3-7,9H,8H2,1-2H3,(H2,15,16). The summed E-state index contributed by atoms with van der Waals surface area (Å²) in [6.45, 7) is 4.50. The fraction of sp³-hybridized carbons (Fsp3) is 0.308. The zero-order valence-corrected chi connectivity index (χ0v) is 11.2. The van der Waals surface area contributed by atoms with E-state index in [1.165, 1.54) is 0 Å². The van der Waals surface area contributed by atoms with Gasteiger partial charge in [-0.3, -0.25) is 0 Å². The lowest BCUT2D eigenvalue weighted by Crippen LogP contribution is -2.11. The lowest BCUT2D eigenvalue weighted by atomic mass is 10.3. The number of nitrogens with two attached hydrogens (primary N) is 1. The highest BCUT2D eigenvalue weighted by Crippen LogP contribution is 2.25. The molecule has 96 valence electrons. The van der Waals surface area contributed by atoms with Crippen LogP contribution in [0.3, 0.4) is 0 Å². The lowest BCUT2D eigenvalue weighted by Gasteiger charge is -2.14. The molecule has 2 N–H and O–H groups in total. The quantitative estimate of drug-likeness (QED) is 0.923. The van der Waals surface area contributed by atoms with Gasteiger partial charge in [-0.2, -0.15) is 0 Å². The van der Waals surface area contributed by atoms with E-state index in [2.05, 4.69) is 18.8 Å². The number of nitrogen functional groups attached to an aromatic ring is 1. The minimum atomic E-state index is 0.248. The van der Waals surface area contributed by atoms with Gasteiger partial charge < -0.3 is 15.0 Å². The van der Waals surface area contributed by atoms with Gasteiger partial charge in [-0.1, -0.05) is 23.7 Å². The average Bonchev–Trinajstić information content (AvgIpc) is 2.69. The molecule has 4 nitrogen and oxygen atoms in total. The van der Waals surface area contributed by atoms with Gasteiger partial charge >= 0.3 is 0 Å². The highest BCUT2D eigenvalue weighted by molar-refractivity contribution is 6.32. The first-order valence-corrected chi connectivity index (χ1v) is 6.16. The molecule has 0 unspecified atom stereocenters. The van der Waals surface area contributed by atoms with Gasteiger partial charge in [-0.05, 0) is 26.0 Å². The molecule has 0 fully saturated rings. The van der Waals surface area contributed by atoms with Crippen molar-refractivity contribution in [3.05, 3.63) is 41.2 Å². The SMILES string of the molecule is CC(C)n1c(COc2ccccc2Cl)cnc1N. The van der Waals surface area contributed by atoms with Gasteiger partial charge in [0.05, 0.1) is 16.9 Å². The van der Waals surface area contributed by atoms with Crippen molar-refractivity contribution in [1.29, 1.82) is 0 Å². The van der Waals surface area contributed by atoms with Crippen molar-refractivity contribution in [2.75, 3.05) is 5.73 Å². The summed E-state index contributed by atoms with van der Waals surface area (Å²) in [4.78, 5) is 4.10. The molecule has 1 aromatic carbocycles. The number of anilines is 1. The van der Waals surface area contributed by atoms with E-state index in [1.54, 1.807) is 12.3 Å². The molecule has 0 aliphatic carbocycles. The van der Waals surface area contributed by atoms with E-state index < -0.39 is 0 Å². The van der Waals surface area contributed by atoms with Crippen molar-refractivity contribution < 1.29 is 4.74 Å². The third-order valence-electron chi connectivity index (χ3n) is 2.63. The topological polar surface area (TPSA) is 53.1 Å². The van der Waals surface area contributed by atoms with Crippen molar-refractivity contribution in [2.24, 2.45) is 0 Å². The second-order valence-corrected chi connectivity index (χ2v) is 4.70. The third kappa shape index (κ3) is 2.59. The molecule has 2 aromatic rings. The van der Waals surface area contributed by atoms with Crippen LogP contribution in [0.5, 0.6) is 5.75 Å². The van der Waals surface area contributed by atoms with Crippen molar-refractivity contribution in [2.45, 2.75) is 26.5 Å². The molecule has 0 aliphatic heterocycles. The van der Waals surface area contributed by atoms with Gasteiger partial charge in [0, 0.05) is 6.04 Å². The van der Waals surface area contributed by atoms with Gasteiger partial charge in [-0.25, -0.2) is 4.98 Å². The molecule has 2 rings (SSSR count). The number of aromatic nitrogens is 2. The number of halogens is 1. The van der Waals surface area contributed by atoms with Crippen LogP contribution in [0.25, 0.3) is 0 Å². The van der Waals surface area contributed by atoms with Crippen LogP contribution in [-0.4, -0.2) is 9.55 Å². The molecule has 0 amide bonds. The predicted molar refractivity (Wildman–Crippen MR) is 72.8 cm³/mol. The van der Waals surface area contributed by atoms with E-state index in [-0.39, 0.29) is 6.04 Å². The first kappa shape index (κ1) is 12.8. The maximum atomic E-state index is 6.03. The van der Waals surface area contributed by atoms with Crippen LogP contribution in [0.15, 0.2) is 30.5 Å². The maximum Gasteiger partial charge on any atom is 0.200 e. The molecule has 0 radical (unpaired) electrons. The molecule has 0 spiro atoms. The van der Waals surface area contributed by atoms with Gasteiger partial charge in [-0.15, -0.1) is 0 Å². The smallest absolute Gasteiger partial charge is 0.200 e. The molecule has 0 saturated heterocycles. The zero-order chi connectivity index (χ0) is 13.1. The predicted octanol–water partition coefficient (Wildman–Crippen LogP) is 3.28. The first-order valence-electron chi connectivity index (χ1n) is 5.78. The number of hydrogen-bond donors (Lipinski definition) is 1. The number of rotatable bonds is 4. The molecular formula is C13H16ClN3O. The second-order valence-electron chi connectivity index (χ2n) is 4.29. The number of ether oxygens (including phenoxy) is 1. The summed E-state index contributed by atoms with van der Waals surface area (Å²) < 4.78 is 7.62. The Morgan fingerprint density at radius 3 is 2.78 bits per heavy atom. The van der Waals surface area contributed by atoms with Gasteiger partial charge in [0.1, 0.15) is 12.4 Å². The number of benzene rings is 1. The Morgan fingerprint density at radius 1 is 1.39 bits per heavy atom. The van der Waals surface area contributed by atoms with Crippen LogP contribution >= 0.6 is 11.6 Å². The van der Waals surface area contributed by atoms with Crippen LogP contribution in [0, 0.1) is 0 Å². The Labute approximate surface area is 111 Å². The molecule has 18 heavy (non-hydrogen) atoms.